The van der Waals surface area contributed by atoms with Gasteiger partial charge in [0, 0.05) is 18.2 Å². The molecule has 3 aromatic rings. The van der Waals surface area contributed by atoms with Gasteiger partial charge in [0.15, 0.2) is 0 Å². The van der Waals surface area contributed by atoms with Gasteiger partial charge in [-0.05, 0) is 33.1 Å². The van der Waals surface area contributed by atoms with Crippen molar-refractivity contribution in [2.75, 3.05) is 11.4 Å². The number of fused-ring (bicyclic) bond motifs is 1. The second kappa shape index (κ2) is 5.65. The highest BCUT2D eigenvalue weighted by molar-refractivity contribution is 5.98. The molecule has 5 heteroatoms. The fraction of sp³-hybridized carbons (Fsp3) is 0.389. The third-order valence-electron chi connectivity index (χ3n) is 4.65. The molecule has 1 aliphatic rings. The molecule has 23 heavy (non-hydrogen) atoms. The minimum atomic E-state index is 0.475. The molecule has 1 aliphatic heterocycles. The maximum atomic E-state index is 5.47. The van der Waals surface area contributed by atoms with E-state index in [-0.39, 0.29) is 0 Å². The molecule has 0 bridgehead atoms. The van der Waals surface area contributed by atoms with Gasteiger partial charge in [0.05, 0.1) is 0 Å². The topological polar surface area (TPSA) is 55.1 Å². The van der Waals surface area contributed by atoms with Crippen LogP contribution >= 0.6 is 0 Å². The molecule has 3 heterocycles. The van der Waals surface area contributed by atoms with Gasteiger partial charge in [-0.3, -0.25) is 0 Å². The largest absolute Gasteiger partial charge is 0.353 e. The summed E-state index contributed by atoms with van der Waals surface area (Å²) in [5, 5.41) is 5.19. The van der Waals surface area contributed by atoms with Crippen molar-refractivity contribution in [3.8, 4) is 11.3 Å². The number of benzene rings is 1. The Morgan fingerprint density at radius 3 is 2.74 bits per heavy atom. The molecular weight excluding hydrogens is 288 g/mol. The molecule has 0 radical (unpaired) electrons. The Morgan fingerprint density at radius 2 is 1.96 bits per heavy atom. The fourth-order valence-electron chi connectivity index (χ4n) is 3.31. The van der Waals surface area contributed by atoms with Gasteiger partial charge in [0.2, 0.25) is 0 Å². The minimum Gasteiger partial charge on any atom is -0.353 e. The van der Waals surface area contributed by atoms with Crippen molar-refractivity contribution in [1.29, 1.82) is 0 Å². The van der Waals surface area contributed by atoms with E-state index in [0.29, 0.717) is 11.8 Å². The van der Waals surface area contributed by atoms with Crippen LogP contribution in [-0.4, -0.2) is 27.7 Å². The Kier molecular flexibility index (Phi) is 3.48. The lowest BCUT2D eigenvalue weighted by molar-refractivity contribution is 0.451. The van der Waals surface area contributed by atoms with E-state index >= 15 is 0 Å². The van der Waals surface area contributed by atoms with Crippen molar-refractivity contribution in [2.45, 2.75) is 39.2 Å². The summed E-state index contributed by atoms with van der Waals surface area (Å²) in [5.74, 6) is 0.944. The zero-order valence-electron chi connectivity index (χ0n) is 13.5. The molecule has 1 unspecified atom stereocenters. The zero-order chi connectivity index (χ0) is 15.8. The Morgan fingerprint density at radius 1 is 1.13 bits per heavy atom. The van der Waals surface area contributed by atoms with E-state index in [0.717, 1.165) is 29.0 Å². The van der Waals surface area contributed by atoms with Crippen LogP contribution in [0.1, 0.15) is 31.7 Å². The summed E-state index contributed by atoms with van der Waals surface area (Å²) in [4.78, 5) is 11.2. The summed E-state index contributed by atoms with van der Waals surface area (Å²) in [5.41, 5.74) is 3.65. The molecule has 0 aliphatic carbocycles. The summed E-state index contributed by atoms with van der Waals surface area (Å²) in [6.07, 6.45) is 5.24. The van der Waals surface area contributed by atoms with Gasteiger partial charge in [0.25, 0.3) is 5.71 Å². The lowest BCUT2D eigenvalue weighted by atomic mass is 10.0. The maximum absolute atomic E-state index is 5.47. The number of anilines is 1. The lowest BCUT2D eigenvalue weighted by Gasteiger charge is -2.34. The number of piperidine rings is 1. The van der Waals surface area contributed by atoms with Crippen LogP contribution in [-0.2, 0) is 0 Å². The zero-order valence-corrected chi connectivity index (χ0v) is 13.5. The number of hydrogen-bond donors (Lipinski definition) is 0. The second-order valence-corrected chi connectivity index (χ2v) is 6.31. The van der Waals surface area contributed by atoms with E-state index in [1.54, 1.807) is 6.33 Å². The molecule has 5 nitrogen and oxygen atoms in total. The second-order valence-electron chi connectivity index (χ2n) is 6.31. The van der Waals surface area contributed by atoms with Crippen LogP contribution in [0.3, 0.4) is 0 Å². The number of aromatic nitrogens is 3. The molecule has 0 saturated carbocycles. The molecule has 0 N–H and O–H groups in total. The van der Waals surface area contributed by atoms with Crippen molar-refractivity contribution in [3.63, 3.8) is 0 Å². The van der Waals surface area contributed by atoms with E-state index in [4.69, 9.17) is 4.52 Å². The first-order valence-corrected chi connectivity index (χ1v) is 8.18. The molecule has 1 atom stereocenters. The predicted octanol–water partition coefficient (Wildman–Crippen LogP) is 3.97. The molecule has 0 amide bonds. The van der Waals surface area contributed by atoms with Gasteiger partial charge in [-0.2, -0.15) is 4.98 Å². The Hall–Kier alpha value is -2.43. The summed E-state index contributed by atoms with van der Waals surface area (Å²) in [6.45, 7) is 5.35. The highest BCUT2D eigenvalue weighted by Gasteiger charge is 2.25. The monoisotopic (exact) mass is 308 g/mol. The summed E-state index contributed by atoms with van der Waals surface area (Å²) >= 11 is 0. The third-order valence-corrected chi connectivity index (χ3v) is 4.65. The molecule has 118 valence electrons. The quantitative estimate of drug-likeness (QED) is 0.717. The van der Waals surface area contributed by atoms with E-state index in [9.17, 15) is 0 Å². The van der Waals surface area contributed by atoms with Crippen molar-refractivity contribution >= 4 is 16.9 Å². The Bertz CT molecular complexity index is 825. The number of nitrogens with zero attached hydrogens (tertiary/aromatic N) is 4. The van der Waals surface area contributed by atoms with Crippen LogP contribution in [0.4, 0.5) is 5.82 Å². The molecular formula is C18H20N4O. The van der Waals surface area contributed by atoms with Crippen molar-refractivity contribution in [2.24, 2.45) is 0 Å². The number of hydrogen-bond acceptors (Lipinski definition) is 5. The predicted molar refractivity (Wildman–Crippen MR) is 90.4 cm³/mol. The maximum Gasteiger partial charge on any atom is 0.263 e. The van der Waals surface area contributed by atoms with Crippen molar-refractivity contribution < 1.29 is 4.52 Å². The van der Waals surface area contributed by atoms with E-state index in [2.05, 4.69) is 58.1 Å². The molecule has 1 saturated heterocycles. The Balaban J connectivity index is 1.88. The van der Waals surface area contributed by atoms with Crippen LogP contribution in [0.25, 0.3) is 22.4 Å². The van der Waals surface area contributed by atoms with Gasteiger partial charge >= 0.3 is 0 Å². The Labute approximate surface area is 135 Å². The average Bonchev–Trinajstić information content (AvgIpc) is 3.00. The van der Waals surface area contributed by atoms with Crippen molar-refractivity contribution in [3.05, 3.63) is 36.2 Å². The molecule has 1 aromatic carbocycles. The van der Waals surface area contributed by atoms with Crippen molar-refractivity contribution in [1.82, 2.24) is 15.1 Å². The SMILES string of the molecule is Cc1ccc(-c2noc3ncnc(N4CCCCC4C)c23)cc1. The molecule has 2 aromatic heterocycles. The van der Waals surface area contributed by atoms with Gasteiger partial charge in [-0.1, -0.05) is 35.0 Å². The normalized spacial score (nSPS) is 18.5. The average molecular weight is 308 g/mol. The highest BCUT2D eigenvalue weighted by Crippen LogP contribution is 2.35. The molecule has 1 fully saturated rings. The number of aryl methyl sites for hydroxylation is 1. The first-order chi connectivity index (χ1) is 11.2. The van der Waals surface area contributed by atoms with Crippen LogP contribution in [0, 0.1) is 6.92 Å². The van der Waals surface area contributed by atoms with Crippen LogP contribution in [0.5, 0.6) is 0 Å². The molecule has 0 spiro atoms. The smallest absolute Gasteiger partial charge is 0.263 e. The van der Waals surface area contributed by atoms with Gasteiger partial charge in [-0.15, -0.1) is 0 Å². The van der Waals surface area contributed by atoms with E-state index in [1.807, 2.05) is 0 Å². The first kappa shape index (κ1) is 14.2. The van der Waals surface area contributed by atoms with Gasteiger partial charge in [-0.25, -0.2) is 4.98 Å². The number of rotatable bonds is 2. The fourth-order valence-corrected chi connectivity index (χ4v) is 3.31. The van der Waals surface area contributed by atoms with Gasteiger partial charge in [0.1, 0.15) is 23.2 Å². The highest BCUT2D eigenvalue weighted by atomic mass is 16.5. The minimum absolute atomic E-state index is 0.475. The van der Waals surface area contributed by atoms with Crippen LogP contribution < -0.4 is 4.90 Å². The third kappa shape index (κ3) is 2.46. The van der Waals surface area contributed by atoms with E-state index in [1.165, 1.54) is 24.8 Å². The summed E-state index contributed by atoms with van der Waals surface area (Å²) < 4.78 is 5.47. The lowest BCUT2D eigenvalue weighted by Crippen LogP contribution is -2.38. The van der Waals surface area contributed by atoms with E-state index < -0.39 is 0 Å². The van der Waals surface area contributed by atoms with Crippen LogP contribution in [0.2, 0.25) is 0 Å². The molecule has 4 rings (SSSR count). The summed E-state index contributed by atoms with van der Waals surface area (Å²) in [6, 6.07) is 8.79. The van der Waals surface area contributed by atoms with Gasteiger partial charge < -0.3 is 9.42 Å². The first-order valence-electron chi connectivity index (χ1n) is 8.18. The van der Waals surface area contributed by atoms with Crippen LogP contribution in [0.15, 0.2) is 35.1 Å². The standard InChI is InChI=1S/C18H20N4O/c1-12-6-8-14(9-7-12)16-15-17(19-11-20-18(15)23-21-16)22-10-4-3-5-13(22)2/h6-9,11,13H,3-5,10H2,1-2H3. The summed E-state index contributed by atoms with van der Waals surface area (Å²) in [7, 11) is 0.